The van der Waals surface area contributed by atoms with E-state index in [0.29, 0.717) is 0 Å². The van der Waals surface area contributed by atoms with Crippen molar-refractivity contribution in [2.24, 2.45) is 5.92 Å². The molecule has 2 heterocycles. The Hall–Kier alpha value is -0.380. The van der Waals surface area contributed by atoms with Gasteiger partial charge in [-0.15, -0.1) is 11.3 Å². The highest BCUT2D eigenvalue weighted by molar-refractivity contribution is 7.09. The highest BCUT2D eigenvalue weighted by atomic mass is 32.1. The summed E-state index contributed by atoms with van der Waals surface area (Å²) < 4.78 is 0. The molecule has 1 saturated heterocycles. The average Bonchev–Trinajstić information content (AvgIpc) is 2.84. The van der Waals surface area contributed by atoms with Crippen LogP contribution in [0.3, 0.4) is 0 Å². The summed E-state index contributed by atoms with van der Waals surface area (Å²) >= 11 is 1.87. The van der Waals surface area contributed by atoms with E-state index in [4.69, 9.17) is 0 Å². The van der Waals surface area contributed by atoms with Gasteiger partial charge in [-0.2, -0.15) is 0 Å². The summed E-state index contributed by atoms with van der Waals surface area (Å²) in [5.74, 6) is 0.799. The number of hydrogen-bond acceptors (Lipinski definition) is 3. The van der Waals surface area contributed by atoms with E-state index in [2.05, 4.69) is 41.6 Å². The molecule has 0 radical (unpaired) electrons. The third-order valence-electron chi connectivity index (χ3n) is 3.60. The van der Waals surface area contributed by atoms with Gasteiger partial charge in [0.05, 0.1) is 0 Å². The van der Waals surface area contributed by atoms with Crippen LogP contribution in [0.1, 0.15) is 31.6 Å². The highest BCUT2D eigenvalue weighted by Crippen LogP contribution is 2.13. The largest absolute Gasteiger partial charge is 0.314 e. The molecule has 2 nitrogen and oxygen atoms in total. The molecule has 0 amide bonds. The second kappa shape index (κ2) is 7.27. The minimum absolute atomic E-state index is 0.744. The molecule has 102 valence electrons. The molecule has 1 aliphatic rings. The van der Waals surface area contributed by atoms with Crippen molar-refractivity contribution in [3.8, 4) is 0 Å². The molecule has 1 N–H and O–H groups in total. The second-order valence-corrected chi connectivity index (χ2v) is 6.78. The molecular weight excluding hydrogens is 240 g/mol. The van der Waals surface area contributed by atoms with Gasteiger partial charge in [-0.05, 0) is 49.7 Å². The van der Waals surface area contributed by atoms with Crippen molar-refractivity contribution >= 4 is 11.3 Å². The topological polar surface area (TPSA) is 15.3 Å². The summed E-state index contributed by atoms with van der Waals surface area (Å²) in [4.78, 5) is 4.11. The third-order valence-corrected chi connectivity index (χ3v) is 4.53. The van der Waals surface area contributed by atoms with Gasteiger partial charge >= 0.3 is 0 Å². The summed E-state index contributed by atoms with van der Waals surface area (Å²) in [5.41, 5.74) is 0. The van der Waals surface area contributed by atoms with Crippen LogP contribution in [-0.4, -0.2) is 37.1 Å². The molecule has 3 heteroatoms. The van der Waals surface area contributed by atoms with Crippen molar-refractivity contribution in [2.75, 3.05) is 26.2 Å². The Morgan fingerprint density at radius 3 is 2.78 bits per heavy atom. The monoisotopic (exact) mass is 266 g/mol. The van der Waals surface area contributed by atoms with Gasteiger partial charge in [0.2, 0.25) is 0 Å². The normalized spacial score (nSPS) is 18.6. The lowest BCUT2D eigenvalue weighted by Crippen LogP contribution is -2.44. The first-order valence-corrected chi connectivity index (χ1v) is 8.10. The molecule has 0 unspecified atom stereocenters. The summed E-state index contributed by atoms with van der Waals surface area (Å²) in [6.07, 6.45) is 3.82. The molecule has 0 saturated carbocycles. The van der Waals surface area contributed by atoms with Crippen LogP contribution >= 0.6 is 11.3 Å². The molecule has 0 bridgehead atoms. The van der Waals surface area contributed by atoms with Crippen LogP contribution in [0.25, 0.3) is 0 Å². The van der Waals surface area contributed by atoms with Gasteiger partial charge in [0.25, 0.3) is 0 Å². The lowest BCUT2D eigenvalue weighted by molar-refractivity contribution is 0.180. The maximum atomic E-state index is 3.71. The van der Waals surface area contributed by atoms with Crippen LogP contribution in [-0.2, 0) is 6.42 Å². The lowest BCUT2D eigenvalue weighted by Gasteiger charge is -2.33. The fourth-order valence-electron chi connectivity index (χ4n) is 2.69. The van der Waals surface area contributed by atoms with Crippen molar-refractivity contribution in [3.05, 3.63) is 22.4 Å². The van der Waals surface area contributed by atoms with Crippen LogP contribution in [0.2, 0.25) is 0 Å². The standard InChI is InChI=1S/C15H26N2S/c1-13(2)12-17-9-6-14(7-10-17)16-8-5-15-4-3-11-18-15/h3-4,11,13-14,16H,5-10,12H2,1-2H3. The fraction of sp³-hybridized carbons (Fsp3) is 0.733. The second-order valence-electron chi connectivity index (χ2n) is 5.75. The molecule has 1 aliphatic heterocycles. The lowest BCUT2D eigenvalue weighted by atomic mass is 10.0. The zero-order valence-electron chi connectivity index (χ0n) is 11.7. The highest BCUT2D eigenvalue weighted by Gasteiger charge is 2.18. The molecule has 18 heavy (non-hydrogen) atoms. The maximum Gasteiger partial charge on any atom is 0.00915 e. The smallest absolute Gasteiger partial charge is 0.00915 e. The predicted molar refractivity (Wildman–Crippen MR) is 80.3 cm³/mol. The molecule has 0 aliphatic carbocycles. The summed E-state index contributed by atoms with van der Waals surface area (Å²) in [6, 6.07) is 5.12. The first kappa shape index (κ1) is 14.0. The van der Waals surface area contributed by atoms with Crippen LogP contribution < -0.4 is 5.32 Å². The molecular formula is C15H26N2S. The van der Waals surface area contributed by atoms with Gasteiger partial charge in [-0.3, -0.25) is 0 Å². The van der Waals surface area contributed by atoms with E-state index < -0.39 is 0 Å². The number of likely N-dealkylation sites (tertiary alicyclic amines) is 1. The Balaban J connectivity index is 1.59. The van der Waals surface area contributed by atoms with Crippen molar-refractivity contribution in [1.29, 1.82) is 0 Å². The van der Waals surface area contributed by atoms with E-state index in [1.165, 1.54) is 43.8 Å². The minimum Gasteiger partial charge on any atom is -0.314 e. The van der Waals surface area contributed by atoms with Crippen molar-refractivity contribution in [1.82, 2.24) is 10.2 Å². The Bertz CT molecular complexity index is 313. The molecule has 1 aromatic rings. The first-order chi connectivity index (χ1) is 8.74. The van der Waals surface area contributed by atoms with Crippen molar-refractivity contribution in [2.45, 2.75) is 39.2 Å². The number of nitrogens with one attached hydrogen (secondary N) is 1. The van der Waals surface area contributed by atoms with Gasteiger partial charge in [-0.25, -0.2) is 0 Å². The van der Waals surface area contributed by atoms with Gasteiger partial charge in [0, 0.05) is 24.0 Å². The quantitative estimate of drug-likeness (QED) is 0.851. The van der Waals surface area contributed by atoms with Crippen molar-refractivity contribution in [3.63, 3.8) is 0 Å². The van der Waals surface area contributed by atoms with Gasteiger partial charge in [0.15, 0.2) is 0 Å². The maximum absolute atomic E-state index is 3.71. The Labute approximate surface area is 115 Å². The molecule has 1 fully saturated rings. The van der Waals surface area contributed by atoms with Gasteiger partial charge in [-0.1, -0.05) is 19.9 Å². The molecule has 1 aromatic heterocycles. The first-order valence-electron chi connectivity index (χ1n) is 7.22. The van der Waals surface area contributed by atoms with E-state index in [1.54, 1.807) is 0 Å². The number of hydrogen-bond donors (Lipinski definition) is 1. The predicted octanol–water partition coefficient (Wildman–Crippen LogP) is 3.00. The Morgan fingerprint density at radius 2 is 2.17 bits per heavy atom. The number of thiophene rings is 1. The van der Waals surface area contributed by atoms with Crippen LogP contribution in [0.5, 0.6) is 0 Å². The van der Waals surface area contributed by atoms with E-state index in [-0.39, 0.29) is 0 Å². The van der Waals surface area contributed by atoms with E-state index in [0.717, 1.165) is 18.5 Å². The van der Waals surface area contributed by atoms with Gasteiger partial charge in [0.1, 0.15) is 0 Å². The van der Waals surface area contributed by atoms with Crippen LogP contribution in [0.15, 0.2) is 17.5 Å². The SMILES string of the molecule is CC(C)CN1CCC(NCCc2cccs2)CC1. The molecule has 0 aromatic carbocycles. The van der Waals surface area contributed by atoms with Crippen LogP contribution in [0, 0.1) is 5.92 Å². The van der Waals surface area contributed by atoms with E-state index in [1.807, 2.05) is 11.3 Å². The Morgan fingerprint density at radius 1 is 1.39 bits per heavy atom. The number of rotatable bonds is 6. The average molecular weight is 266 g/mol. The van der Waals surface area contributed by atoms with E-state index >= 15 is 0 Å². The minimum atomic E-state index is 0.744. The van der Waals surface area contributed by atoms with Crippen LogP contribution in [0.4, 0.5) is 0 Å². The third kappa shape index (κ3) is 4.71. The fourth-order valence-corrected chi connectivity index (χ4v) is 3.40. The summed E-state index contributed by atoms with van der Waals surface area (Å²) in [6.45, 7) is 9.57. The molecule has 0 atom stereocenters. The molecule has 2 rings (SSSR count). The zero-order chi connectivity index (χ0) is 12.8. The summed E-state index contributed by atoms with van der Waals surface area (Å²) in [5, 5.41) is 5.88. The number of piperidine rings is 1. The number of nitrogens with zero attached hydrogens (tertiary/aromatic N) is 1. The van der Waals surface area contributed by atoms with E-state index in [9.17, 15) is 0 Å². The van der Waals surface area contributed by atoms with Crippen molar-refractivity contribution < 1.29 is 0 Å². The zero-order valence-corrected chi connectivity index (χ0v) is 12.5. The molecule has 0 spiro atoms. The Kier molecular flexibility index (Phi) is 5.67. The summed E-state index contributed by atoms with van der Waals surface area (Å²) in [7, 11) is 0. The van der Waals surface area contributed by atoms with Gasteiger partial charge < -0.3 is 10.2 Å².